The van der Waals surface area contributed by atoms with Crippen LogP contribution in [0.3, 0.4) is 0 Å². The second-order valence-electron chi connectivity index (χ2n) is 8.34. The Morgan fingerprint density at radius 3 is 2.50 bits per heavy atom. The molecular weight excluding hydrogens is 335 g/mol. The second kappa shape index (κ2) is 6.96. The standard InChI is InChI=1S/C17H29BN4O4/c1-17(19)10-22(7-11(17)5-4-6-18(25)26)14-13(15(23)16(14)24)21(3)12-8-20(2)9-12/h11-12,25-26H,4-10,19H2,1-3H3/t11-,17-/m0/s1. The van der Waals surface area contributed by atoms with Crippen LogP contribution in [-0.4, -0.2) is 73.9 Å². The van der Waals surface area contributed by atoms with E-state index in [0.29, 0.717) is 37.2 Å². The third kappa shape index (κ3) is 3.41. The molecule has 2 atom stereocenters. The number of nitrogens with two attached hydrogens (primary N) is 1. The summed E-state index contributed by atoms with van der Waals surface area (Å²) in [6.07, 6.45) is 1.74. The molecule has 0 spiro atoms. The van der Waals surface area contributed by atoms with E-state index in [1.54, 1.807) is 0 Å². The lowest BCUT2D eigenvalue weighted by Crippen LogP contribution is -2.59. The molecule has 0 bridgehead atoms. The van der Waals surface area contributed by atoms with Gasteiger partial charge in [0, 0.05) is 38.8 Å². The van der Waals surface area contributed by atoms with Gasteiger partial charge in [-0.15, -0.1) is 0 Å². The van der Waals surface area contributed by atoms with Crippen molar-refractivity contribution in [3.8, 4) is 0 Å². The lowest BCUT2D eigenvalue weighted by molar-refractivity contribution is 0.187. The first-order chi connectivity index (χ1) is 12.1. The van der Waals surface area contributed by atoms with Crippen LogP contribution in [0.1, 0.15) is 19.8 Å². The molecule has 1 aromatic rings. The van der Waals surface area contributed by atoms with E-state index in [4.69, 9.17) is 15.8 Å². The SMILES string of the molecule is CN1CC(N(C)c2c(N3C[C@H](CCCB(O)O)[C@@](C)(N)C3)c(=O)c2=O)C1. The van der Waals surface area contributed by atoms with Gasteiger partial charge in [0.05, 0.1) is 6.04 Å². The zero-order valence-corrected chi connectivity index (χ0v) is 15.8. The van der Waals surface area contributed by atoms with Crippen molar-refractivity contribution in [3.05, 3.63) is 20.4 Å². The number of hydrogen-bond acceptors (Lipinski definition) is 8. The maximum Gasteiger partial charge on any atom is 0.451 e. The highest BCUT2D eigenvalue weighted by molar-refractivity contribution is 6.40. The summed E-state index contributed by atoms with van der Waals surface area (Å²) < 4.78 is 0. The van der Waals surface area contributed by atoms with Crippen LogP contribution in [0.2, 0.25) is 6.32 Å². The lowest BCUT2D eigenvalue weighted by atomic mass is 9.79. The fourth-order valence-electron chi connectivity index (χ4n) is 4.30. The molecule has 2 aliphatic heterocycles. The largest absolute Gasteiger partial charge is 0.451 e. The van der Waals surface area contributed by atoms with Crippen molar-refractivity contribution in [3.63, 3.8) is 0 Å². The molecule has 0 saturated carbocycles. The molecule has 2 saturated heterocycles. The van der Waals surface area contributed by atoms with Gasteiger partial charge < -0.3 is 30.5 Å². The van der Waals surface area contributed by atoms with Crippen molar-refractivity contribution < 1.29 is 10.0 Å². The molecule has 0 aliphatic carbocycles. The molecule has 26 heavy (non-hydrogen) atoms. The predicted octanol–water partition coefficient (Wildman–Crippen LogP) is -1.56. The number of nitrogens with zero attached hydrogens (tertiary/aromatic N) is 3. The van der Waals surface area contributed by atoms with Gasteiger partial charge in [-0.2, -0.15) is 0 Å². The molecule has 0 amide bonds. The Morgan fingerprint density at radius 2 is 1.92 bits per heavy atom. The molecular formula is C17H29BN4O4. The summed E-state index contributed by atoms with van der Waals surface area (Å²) in [7, 11) is 2.61. The molecule has 1 aromatic carbocycles. The van der Waals surface area contributed by atoms with Crippen molar-refractivity contribution in [2.24, 2.45) is 11.7 Å². The van der Waals surface area contributed by atoms with Crippen LogP contribution >= 0.6 is 0 Å². The molecule has 144 valence electrons. The third-order valence-corrected chi connectivity index (χ3v) is 6.04. The maximum atomic E-state index is 12.3. The minimum Gasteiger partial charge on any atom is -0.427 e. The number of hydrogen-bond donors (Lipinski definition) is 3. The molecule has 0 unspecified atom stereocenters. The number of anilines is 2. The van der Waals surface area contributed by atoms with E-state index in [1.807, 2.05) is 30.8 Å². The average Bonchev–Trinajstić information content (AvgIpc) is 2.81. The summed E-state index contributed by atoms with van der Waals surface area (Å²) in [5.41, 5.74) is 6.19. The minimum absolute atomic E-state index is 0.138. The summed E-state index contributed by atoms with van der Waals surface area (Å²) in [5.74, 6) is 0.138. The Balaban J connectivity index is 1.73. The average molecular weight is 364 g/mol. The van der Waals surface area contributed by atoms with Gasteiger partial charge in [0.1, 0.15) is 11.4 Å². The number of rotatable bonds is 7. The number of likely N-dealkylation sites (N-methyl/N-ethyl adjacent to an activating group) is 2. The van der Waals surface area contributed by atoms with Crippen LogP contribution in [0.5, 0.6) is 0 Å². The van der Waals surface area contributed by atoms with Crippen LogP contribution < -0.4 is 26.4 Å². The molecule has 3 rings (SSSR count). The Labute approximate surface area is 154 Å². The van der Waals surface area contributed by atoms with Gasteiger partial charge in [-0.1, -0.05) is 6.42 Å². The van der Waals surface area contributed by atoms with E-state index < -0.39 is 23.5 Å². The molecule has 8 nitrogen and oxygen atoms in total. The highest BCUT2D eigenvalue weighted by atomic mass is 16.4. The Kier molecular flexibility index (Phi) is 5.18. The third-order valence-electron chi connectivity index (χ3n) is 6.04. The molecule has 0 radical (unpaired) electrons. The first-order valence-electron chi connectivity index (χ1n) is 9.26. The summed E-state index contributed by atoms with van der Waals surface area (Å²) >= 11 is 0. The van der Waals surface area contributed by atoms with Gasteiger partial charge in [0.15, 0.2) is 0 Å². The smallest absolute Gasteiger partial charge is 0.427 e. The van der Waals surface area contributed by atoms with Crippen LogP contribution in [0.4, 0.5) is 11.4 Å². The van der Waals surface area contributed by atoms with Gasteiger partial charge in [-0.05, 0) is 32.6 Å². The summed E-state index contributed by atoms with van der Waals surface area (Å²) in [6.45, 7) is 4.87. The molecule has 2 aliphatic rings. The van der Waals surface area contributed by atoms with Crippen molar-refractivity contribution in [1.29, 1.82) is 0 Å². The van der Waals surface area contributed by atoms with E-state index in [-0.39, 0.29) is 12.0 Å². The van der Waals surface area contributed by atoms with Gasteiger partial charge in [-0.3, -0.25) is 9.59 Å². The van der Waals surface area contributed by atoms with E-state index >= 15 is 0 Å². The van der Waals surface area contributed by atoms with Crippen molar-refractivity contribution in [1.82, 2.24) is 4.90 Å². The van der Waals surface area contributed by atoms with Crippen LogP contribution in [-0.2, 0) is 0 Å². The first-order valence-corrected chi connectivity index (χ1v) is 9.26. The van der Waals surface area contributed by atoms with Crippen molar-refractivity contribution in [2.45, 2.75) is 37.7 Å². The fraction of sp³-hybridized carbons (Fsp3) is 0.765. The van der Waals surface area contributed by atoms with Gasteiger partial charge >= 0.3 is 7.12 Å². The monoisotopic (exact) mass is 364 g/mol. The number of likely N-dealkylation sites (tertiary alicyclic amines) is 1. The normalized spacial score (nSPS) is 27.2. The van der Waals surface area contributed by atoms with Crippen molar-refractivity contribution >= 4 is 18.5 Å². The highest BCUT2D eigenvalue weighted by Gasteiger charge is 2.44. The van der Waals surface area contributed by atoms with E-state index in [2.05, 4.69) is 4.90 Å². The summed E-state index contributed by atoms with van der Waals surface area (Å²) in [4.78, 5) is 30.6. The van der Waals surface area contributed by atoms with E-state index in [9.17, 15) is 9.59 Å². The minimum atomic E-state index is -1.30. The van der Waals surface area contributed by atoms with Crippen LogP contribution in [0.15, 0.2) is 9.59 Å². The van der Waals surface area contributed by atoms with Gasteiger partial charge in [-0.25, -0.2) is 0 Å². The quantitative estimate of drug-likeness (QED) is 0.394. The van der Waals surface area contributed by atoms with E-state index in [0.717, 1.165) is 19.5 Å². The van der Waals surface area contributed by atoms with Gasteiger partial charge in [0.2, 0.25) is 0 Å². The van der Waals surface area contributed by atoms with Gasteiger partial charge in [0.25, 0.3) is 10.9 Å². The molecule has 9 heteroatoms. The molecule has 4 N–H and O–H groups in total. The first kappa shape index (κ1) is 19.3. The fourth-order valence-corrected chi connectivity index (χ4v) is 4.30. The Bertz CT molecular complexity index is 725. The Morgan fingerprint density at radius 1 is 1.27 bits per heavy atom. The predicted molar refractivity (Wildman–Crippen MR) is 104 cm³/mol. The summed E-state index contributed by atoms with van der Waals surface area (Å²) in [5, 5.41) is 18.0. The van der Waals surface area contributed by atoms with Crippen LogP contribution in [0.25, 0.3) is 0 Å². The van der Waals surface area contributed by atoms with Crippen LogP contribution in [0, 0.1) is 5.92 Å². The molecule has 2 fully saturated rings. The van der Waals surface area contributed by atoms with Crippen molar-refractivity contribution in [2.75, 3.05) is 50.1 Å². The zero-order chi connectivity index (χ0) is 19.2. The molecule has 2 heterocycles. The maximum absolute atomic E-state index is 12.3. The lowest BCUT2D eigenvalue weighted by Gasteiger charge is -2.44. The van der Waals surface area contributed by atoms with E-state index in [1.165, 1.54) is 0 Å². The Hall–Kier alpha value is -1.42. The zero-order valence-electron chi connectivity index (χ0n) is 15.8. The second-order valence-corrected chi connectivity index (χ2v) is 8.34. The topological polar surface area (TPSA) is 110 Å². The highest BCUT2D eigenvalue weighted by Crippen LogP contribution is 2.36. The summed E-state index contributed by atoms with van der Waals surface area (Å²) in [6, 6.07) is 0.260. The molecule has 0 aromatic heterocycles.